The first kappa shape index (κ1) is 13.3. The largest absolute Gasteiger partial charge is 0.354 e. The molecule has 0 radical (unpaired) electrons. The molecule has 0 unspecified atom stereocenters. The van der Waals surface area contributed by atoms with Crippen molar-refractivity contribution in [2.45, 2.75) is 19.3 Å². The Balaban J connectivity index is 2.00. The number of halogens is 1. The number of rotatable bonds is 6. The van der Waals surface area contributed by atoms with E-state index in [0.29, 0.717) is 11.9 Å². The molecule has 19 heavy (non-hydrogen) atoms. The number of aromatic nitrogens is 5. The quantitative estimate of drug-likeness (QED) is 0.645. The number of anilines is 1. The van der Waals surface area contributed by atoms with E-state index in [9.17, 15) is 0 Å². The monoisotopic (exact) mass is 276 g/mol. The van der Waals surface area contributed by atoms with E-state index in [0.717, 1.165) is 25.8 Å². The first-order valence-corrected chi connectivity index (χ1v) is 6.26. The third kappa shape index (κ3) is 3.93. The maximum Gasteiger partial charge on any atom is 0.256 e. The molecule has 0 spiro atoms. The van der Waals surface area contributed by atoms with Crippen LogP contribution < -0.4 is 5.32 Å². The second kappa shape index (κ2) is 6.71. The Morgan fingerprint density at radius 2 is 2.21 bits per heavy atom. The minimum atomic E-state index is 0.131. The molecule has 0 bridgehead atoms. The molecule has 0 aromatic carbocycles. The van der Waals surface area contributed by atoms with Crippen LogP contribution in [0.25, 0.3) is 5.95 Å². The van der Waals surface area contributed by atoms with Crippen molar-refractivity contribution in [1.29, 1.82) is 0 Å². The van der Waals surface area contributed by atoms with Crippen LogP contribution in [0, 0.1) is 12.3 Å². The van der Waals surface area contributed by atoms with Gasteiger partial charge in [0, 0.05) is 25.4 Å². The highest BCUT2D eigenvalue weighted by Gasteiger charge is 2.06. The summed E-state index contributed by atoms with van der Waals surface area (Å²) in [5.41, 5.74) is 0. The maximum atomic E-state index is 5.86. The van der Waals surface area contributed by atoms with Crippen molar-refractivity contribution in [2.24, 2.45) is 0 Å². The molecule has 2 heterocycles. The molecular formula is C12H13ClN6. The zero-order valence-corrected chi connectivity index (χ0v) is 11.0. The molecule has 0 aliphatic rings. The van der Waals surface area contributed by atoms with Crippen LogP contribution in [0.15, 0.2) is 18.5 Å². The van der Waals surface area contributed by atoms with E-state index in [2.05, 4.69) is 31.3 Å². The van der Waals surface area contributed by atoms with E-state index in [4.69, 9.17) is 18.0 Å². The summed E-state index contributed by atoms with van der Waals surface area (Å²) in [4.78, 5) is 12.3. The molecule has 0 amide bonds. The summed E-state index contributed by atoms with van der Waals surface area (Å²) >= 11 is 5.86. The van der Waals surface area contributed by atoms with Gasteiger partial charge in [0.2, 0.25) is 11.2 Å². The Bertz CT molecular complexity index is 560. The van der Waals surface area contributed by atoms with Gasteiger partial charge in [-0.3, -0.25) is 0 Å². The first-order valence-electron chi connectivity index (χ1n) is 5.88. The Morgan fingerprint density at radius 1 is 1.32 bits per heavy atom. The average Bonchev–Trinajstić information content (AvgIpc) is 2.92. The molecular weight excluding hydrogens is 264 g/mol. The van der Waals surface area contributed by atoms with Crippen molar-refractivity contribution in [1.82, 2.24) is 24.7 Å². The lowest BCUT2D eigenvalue weighted by molar-refractivity contribution is 0.770. The minimum absolute atomic E-state index is 0.131. The van der Waals surface area contributed by atoms with E-state index in [1.54, 1.807) is 18.5 Å². The molecule has 1 N–H and O–H groups in total. The Hall–Kier alpha value is -2.13. The lowest BCUT2D eigenvalue weighted by Gasteiger charge is -2.06. The van der Waals surface area contributed by atoms with Gasteiger partial charge in [-0.1, -0.05) is 0 Å². The van der Waals surface area contributed by atoms with Crippen LogP contribution in [0.2, 0.25) is 5.28 Å². The summed E-state index contributed by atoms with van der Waals surface area (Å²) in [5, 5.41) is 7.27. The van der Waals surface area contributed by atoms with Crippen LogP contribution in [0.1, 0.15) is 19.3 Å². The van der Waals surface area contributed by atoms with E-state index in [1.807, 2.05) is 0 Å². The van der Waals surface area contributed by atoms with Gasteiger partial charge in [-0.25, -0.2) is 4.68 Å². The molecule has 0 aliphatic heterocycles. The van der Waals surface area contributed by atoms with Gasteiger partial charge in [-0.15, -0.1) is 12.3 Å². The second-order valence-electron chi connectivity index (χ2n) is 3.77. The lowest BCUT2D eigenvalue weighted by Crippen LogP contribution is -2.10. The van der Waals surface area contributed by atoms with Crippen molar-refractivity contribution in [3.63, 3.8) is 0 Å². The Morgan fingerprint density at radius 3 is 2.95 bits per heavy atom. The van der Waals surface area contributed by atoms with Gasteiger partial charge in [0.25, 0.3) is 5.95 Å². The van der Waals surface area contributed by atoms with Gasteiger partial charge in [-0.2, -0.15) is 20.1 Å². The maximum absolute atomic E-state index is 5.86. The zero-order valence-electron chi connectivity index (χ0n) is 10.3. The summed E-state index contributed by atoms with van der Waals surface area (Å²) < 4.78 is 1.52. The molecule has 2 rings (SSSR count). The summed E-state index contributed by atoms with van der Waals surface area (Å²) in [5.74, 6) is 3.42. The normalized spacial score (nSPS) is 10.1. The fourth-order valence-corrected chi connectivity index (χ4v) is 1.62. The van der Waals surface area contributed by atoms with Crippen molar-refractivity contribution >= 4 is 17.5 Å². The minimum Gasteiger partial charge on any atom is -0.354 e. The average molecular weight is 277 g/mol. The topological polar surface area (TPSA) is 68.5 Å². The fraction of sp³-hybridized carbons (Fsp3) is 0.333. The highest BCUT2D eigenvalue weighted by Crippen LogP contribution is 2.09. The van der Waals surface area contributed by atoms with E-state index in [1.165, 1.54) is 4.68 Å². The molecule has 0 aliphatic carbocycles. The zero-order chi connectivity index (χ0) is 13.5. The number of hydrogen-bond acceptors (Lipinski definition) is 5. The second-order valence-corrected chi connectivity index (χ2v) is 4.10. The van der Waals surface area contributed by atoms with E-state index < -0.39 is 0 Å². The molecule has 7 heteroatoms. The van der Waals surface area contributed by atoms with E-state index in [-0.39, 0.29) is 5.28 Å². The third-order valence-corrected chi connectivity index (χ3v) is 2.51. The lowest BCUT2D eigenvalue weighted by atomic mass is 10.2. The van der Waals surface area contributed by atoms with Gasteiger partial charge >= 0.3 is 0 Å². The molecule has 6 nitrogen and oxygen atoms in total. The predicted molar refractivity (Wildman–Crippen MR) is 73.1 cm³/mol. The standard InChI is InChI=1S/C12H13ClN6/c1-2-3-4-5-7-14-11-16-10(13)17-12(18-11)19-9-6-8-15-19/h1,6,8-9H,3-5,7H2,(H,14,16,17,18). The van der Waals surface area contributed by atoms with E-state index >= 15 is 0 Å². The molecule has 2 aromatic rings. The van der Waals surface area contributed by atoms with Gasteiger partial charge in [0.15, 0.2) is 0 Å². The molecule has 0 atom stereocenters. The highest BCUT2D eigenvalue weighted by molar-refractivity contribution is 6.28. The summed E-state index contributed by atoms with van der Waals surface area (Å²) in [6.07, 6.45) is 11.3. The van der Waals surface area contributed by atoms with Gasteiger partial charge < -0.3 is 5.32 Å². The van der Waals surface area contributed by atoms with Crippen LogP contribution in [0.5, 0.6) is 0 Å². The molecule has 2 aromatic heterocycles. The van der Waals surface area contributed by atoms with Crippen LogP contribution in [-0.2, 0) is 0 Å². The highest BCUT2D eigenvalue weighted by atomic mass is 35.5. The van der Waals surface area contributed by atoms with Crippen LogP contribution in [-0.4, -0.2) is 31.3 Å². The molecule has 98 valence electrons. The fourth-order valence-electron chi connectivity index (χ4n) is 1.46. The van der Waals surface area contributed by atoms with Crippen molar-refractivity contribution in [2.75, 3.05) is 11.9 Å². The first-order chi connectivity index (χ1) is 9.29. The number of hydrogen-bond donors (Lipinski definition) is 1. The van der Waals surface area contributed by atoms with Crippen molar-refractivity contribution in [3.8, 4) is 18.3 Å². The van der Waals surface area contributed by atoms with Crippen LogP contribution in [0.3, 0.4) is 0 Å². The number of terminal acetylenes is 1. The third-order valence-electron chi connectivity index (χ3n) is 2.34. The molecule has 0 saturated carbocycles. The smallest absolute Gasteiger partial charge is 0.256 e. The van der Waals surface area contributed by atoms with Gasteiger partial charge in [-0.05, 0) is 30.5 Å². The Kier molecular flexibility index (Phi) is 4.70. The predicted octanol–water partition coefficient (Wildman–Crippen LogP) is 1.93. The Labute approximate surface area is 116 Å². The number of nitrogens with zero attached hydrogens (tertiary/aromatic N) is 5. The van der Waals surface area contributed by atoms with Crippen molar-refractivity contribution < 1.29 is 0 Å². The summed E-state index contributed by atoms with van der Waals surface area (Å²) in [7, 11) is 0. The number of unbranched alkanes of at least 4 members (excludes halogenated alkanes) is 2. The molecule has 0 fully saturated rings. The van der Waals surface area contributed by atoms with Gasteiger partial charge in [0.05, 0.1) is 0 Å². The van der Waals surface area contributed by atoms with Crippen LogP contribution in [0.4, 0.5) is 5.95 Å². The van der Waals surface area contributed by atoms with Crippen molar-refractivity contribution in [3.05, 3.63) is 23.7 Å². The summed E-state index contributed by atoms with van der Waals surface area (Å²) in [6.45, 7) is 0.737. The number of nitrogens with one attached hydrogen (secondary N) is 1. The molecule has 0 saturated heterocycles. The SMILES string of the molecule is C#CCCCCNc1nc(Cl)nc(-n2cccn2)n1. The van der Waals surface area contributed by atoms with Gasteiger partial charge in [0.1, 0.15) is 0 Å². The van der Waals surface area contributed by atoms with Crippen LogP contribution >= 0.6 is 11.6 Å². The summed E-state index contributed by atoms with van der Waals surface area (Å²) in [6, 6.07) is 1.78.